The highest BCUT2D eigenvalue weighted by Gasteiger charge is 2.21. The molecule has 6 heteroatoms. The van der Waals surface area contributed by atoms with E-state index in [1.165, 1.54) is 6.07 Å². The molecule has 4 rings (SSSR count). The number of ether oxygens (including phenoxy) is 1. The Labute approximate surface area is 235 Å². The SMILES string of the molecule is C=C(C)C(C)(C)Oc1ccc(-n2c(C)nc(CCC)c(Cc3ccc(-c4ccccc4C#N)cc3F)c2=O)cc1. The Morgan fingerprint density at radius 3 is 2.45 bits per heavy atom. The molecule has 0 bridgehead atoms. The minimum absolute atomic E-state index is 0.113. The summed E-state index contributed by atoms with van der Waals surface area (Å²) >= 11 is 0. The number of hydrogen-bond acceptors (Lipinski definition) is 4. The van der Waals surface area contributed by atoms with Crippen LogP contribution in [0.25, 0.3) is 16.8 Å². The second-order valence-electron chi connectivity index (χ2n) is 10.5. The minimum Gasteiger partial charge on any atom is -0.484 e. The average Bonchev–Trinajstić information content (AvgIpc) is 2.92. The highest BCUT2D eigenvalue weighted by atomic mass is 19.1. The summed E-state index contributed by atoms with van der Waals surface area (Å²) in [6.07, 6.45) is 1.53. The van der Waals surface area contributed by atoms with Crippen molar-refractivity contribution in [2.45, 2.75) is 59.5 Å². The standard InChI is InChI=1S/C34H34FN3O2/c1-7-10-32-30(19-25-14-13-24(20-31(25)35)29-12-9-8-11-26(29)21-36)33(39)38(23(4)37-32)27-15-17-28(18-16-27)40-34(5,6)22(2)3/h8-9,11-18,20H,2,7,10,19H2,1,3-6H3. The molecule has 3 aromatic carbocycles. The number of nitrogens with zero attached hydrogens (tertiary/aromatic N) is 3. The summed E-state index contributed by atoms with van der Waals surface area (Å²) in [4.78, 5) is 18.7. The van der Waals surface area contributed by atoms with Crippen molar-refractivity contribution in [1.82, 2.24) is 9.55 Å². The van der Waals surface area contributed by atoms with Crippen molar-refractivity contribution in [3.8, 4) is 28.6 Å². The molecule has 1 aromatic heterocycles. The Kier molecular flexibility index (Phi) is 8.35. The number of nitriles is 1. The fourth-order valence-corrected chi connectivity index (χ4v) is 4.57. The number of hydrogen-bond donors (Lipinski definition) is 0. The van der Waals surface area contributed by atoms with Crippen LogP contribution in [-0.2, 0) is 12.8 Å². The van der Waals surface area contributed by atoms with E-state index in [-0.39, 0.29) is 12.0 Å². The van der Waals surface area contributed by atoms with Crippen molar-refractivity contribution in [3.05, 3.63) is 123 Å². The molecule has 0 saturated carbocycles. The number of rotatable bonds is 9. The van der Waals surface area contributed by atoms with Gasteiger partial charge in [0.25, 0.3) is 5.56 Å². The first-order valence-corrected chi connectivity index (χ1v) is 13.4. The summed E-state index contributed by atoms with van der Waals surface area (Å²) in [6, 6.07) is 21.5. The lowest BCUT2D eigenvalue weighted by atomic mass is 9.96. The van der Waals surface area contributed by atoms with Crippen LogP contribution in [0.5, 0.6) is 5.75 Å². The van der Waals surface area contributed by atoms with Gasteiger partial charge in [0.15, 0.2) is 0 Å². The zero-order chi connectivity index (χ0) is 29.0. The van der Waals surface area contributed by atoms with Gasteiger partial charge in [-0.15, -0.1) is 0 Å². The van der Waals surface area contributed by atoms with E-state index in [9.17, 15) is 10.1 Å². The highest BCUT2D eigenvalue weighted by molar-refractivity contribution is 5.70. The molecule has 1 heterocycles. The molecule has 0 atom stereocenters. The topological polar surface area (TPSA) is 67.9 Å². The van der Waals surface area contributed by atoms with Crippen molar-refractivity contribution < 1.29 is 9.13 Å². The van der Waals surface area contributed by atoms with E-state index in [2.05, 4.69) is 12.6 Å². The molecule has 0 saturated heterocycles. The monoisotopic (exact) mass is 535 g/mol. The van der Waals surface area contributed by atoms with E-state index >= 15 is 4.39 Å². The number of aryl methyl sites for hydroxylation is 2. The van der Waals surface area contributed by atoms with Gasteiger partial charge < -0.3 is 4.74 Å². The minimum atomic E-state index is -0.527. The van der Waals surface area contributed by atoms with E-state index in [0.29, 0.717) is 57.2 Å². The molecule has 204 valence electrons. The van der Waals surface area contributed by atoms with Crippen molar-refractivity contribution >= 4 is 0 Å². The molecule has 0 fully saturated rings. The van der Waals surface area contributed by atoms with Gasteiger partial charge in [0.2, 0.25) is 0 Å². The Morgan fingerprint density at radius 2 is 1.82 bits per heavy atom. The van der Waals surface area contributed by atoms with E-state index < -0.39 is 11.4 Å². The zero-order valence-electron chi connectivity index (χ0n) is 23.7. The Bertz CT molecular complexity index is 1660. The summed E-state index contributed by atoms with van der Waals surface area (Å²) in [5, 5.41) is 9.44. The Hall–Kier alpha value is -4.50. The molecule has 0 aliphatic heterocycles. The van der Waals surface area contributed by atoms with Crippen LogP contribution in [0.2, 0.25) is 0 Å². The summed E-state index contributed by atoms with van der Waals surface area (Å²) in [6.45, 7) is 13.7. The lowest BCUT2D eigenvalue weighted by Gasteiger charge is -2.27. The smallest absolute Gasteiger partial charge is 0.261 e. The van der Waals surface area contributed by atoms with Gasteiger partial charge in [-0.25, -0.2) is 9.37 Å². The van der Waals surface area contributed by atoms with E-state index in [1.54, 1.807) is 41.8 Å². The third-order valence-electron chi connectivity index (χ3n) is 7.19. The molecule has 0 aliphatic carbocycles. The molecule has 0 radical (unpaired) electrons. The molecular weight excluding hydrogens is 501 g/mol. The van der Waals surface area contributed by atoms with Crippen LogP contribution < -0.4 is 10.3 Å². The first-order chi connectivity index (χ1) is 19.1. The lowest BCUT2D eigenvalue weighted by Crippen LogP contribution is -2.29. The van der Waals surface area contributed by atoms with Crippen LogP contribution in [0.1, 0.15) is 62.3 Å². The predicted molar refractivity (Wildman–Crippen MR) is 157 cm³/mol. The van der Waals surface area contributed by atoms with Gasteiger partial charge in [-0.1, -0.05) is 50.3 Å². The highest BCUT2D eigenvalue weighted by Crippen LogP contribution is 2.27. The van der Waals surface area contributed by atoms with Crippen molar-refractivity contribution in [2.75, 3.05) is 0 Å². The molecule has 0 spiro atoms. The molecule has 0 aliphatic rings. The quantitative estimate of drug-likeness (QED) is 0.208. The molecule has 0 unspecified atom stereocenters. The van der Waals surface area contributed by atoms with Crippen LogP contribution in [0.3, 0.4) is 0 Å². The van der Waals surface area contributed by atoms with Crippen LogP contribution in [0, 0.1) is 24.1 Å². The summed E-state index contributed by atoms with van der Waals surface area (Å²) in [5.74, 6) is 0.802. The largest absolute Gasteiger partial charge is 0.484 e. The summed E-state index contributed by atoms with van der Waals surface area (Å²) in [5.41, 5.74) is 4.13. The van der Waals surface area contributed by atoms with Gasteiger partial charge in [0.05, 0.1) is 23.0 Å². The number of halogens is 1. The number of aromatic nitrogens is 2. The normalized spacial score (nSPS) is 11.2. The van der Waals surface area contributed by atoms with Gasteiger partial charge in [-0.05, 0) is 92.8 Å². The first-order valence-electron chi connectivity index (χ1n) is 13.4. The lowest BCUT2D eigenvalue weighted by molar-refractivity contribution is 0.149. The van der Waals surface area contributed by atoms with E-state index in [4.69, 9.17) is 9.72 Å². The van der Waals surface area contributed by atoms with Gasteiger partial charge in [-0.2, -0.15) is 5.26 Å². The van der Waals surface area contributed by atoms with Gasteiger partial charge >= 0.3 is 0 Å². The fraction of sp³-hybridized carbons (Fsp3) is 0.265. The fourth-order valence-electron chi connectivity index (χ4n) is 4.57. The van der Waals surface area contributed by atoms with Gasteiger partial charge in [0.1, 0.15) is 23.0 Å². The van der Waals surface area contributed by atoms with Crippen LogP contribution in [0.4, 0.5) is 4.39 Å². The first kappa shape index (κ1) is 28.5. The molecular formula is C34H34FN3O2. The second-order valence-corrected chi connectivity index (χ2v) is 10.5. The second kappa shape index (κ2) is 11.7. The van der Waals surface area contributed by atoms with Crippen molar-refractivity contribution in [3.63, 3.8) is 0 Å². The number of benzene rings is 3. The maximum absolute atomic E-state index is 15.4. The summed E-state index contributed by atoms with van der Waals surface area (Å²) in [7, 11) is 0. The molecule has 4 aromatic rings. The zero-order valence-corrected chi connectivity index (χ0v) is 23.7. The third-order valence-corrected chi connectivity index (χ3v) is 7.19. The molecule has 5 nitrogen and oxygen atoms in total. The predicted octanol–water partition coefficient (Wildman–Crippen LogP) is 7.50. The van der Waals surface area contributed by atoms with Crippen molar-refractivity contribution in [1.29, 1.82) is 5.26 Å². The Balaban J connectivity index is 1.72. The molecule has 0 amide bonds. The van der Waals surface area contributed by atoms with Crippen molar-refractivity contribution in [2.24, 2.45) is 0 Å². The van der Waals surface area contributed by atoms with Crippen LogP contribution >= 0.6 is 0 Å². The van der Waals surface area contributed by atoms with Gasteiger partial charge in [-0.3, -0.25) is 9.36 Å². The molecule has 0 N–H and O–H groups in total. The van der Waals surface area contributed by atoms with Gasteiger partial charge in [0, 0.05) is 12.0 Å². The Morgan fingerprint density at radius 1 is 1.12 bits per heavy atom. The average molecular weight is 536 g/mol. The summed E-state index contributed by atoms with van der Waals surface area (Å²) < 4.78 is 23.1. The third kappa shape index (κ3) is 5.89. The molecule has 40 heavy (non-hydrogen) atoms. The maximum Gasteiger partial charge on any atom is 0.261 e. The van der Waals surface area contributed by atoms with E-state index in [0.717, 1.165) is 12.0 Å². The van der Waals surface area contributed by atoms with Crippen LogP contribution in [-0.4, -0.2) is 15.2 Å². The van der Waals surface area contributed by atoms with Crippen LogP contribution in [0.15, 0.2) is 83.7 Å². The maximum atomic E-state index is 15.4. The van der Waals surface area contributed by atoms with E-state index in [1.807, 2.05) is 58.0 Å².